The first-order valence-corrected chi connectivity index (χ1v) is 4.68. The van der Waals surface area contributed by atoms with E-state index in [2.05, 4.69) is 6.07 Å². The van der Waals surface area contributed by atoms with Gasteiger partial charge < -0.3 is 8.97 Å². The SMILES string of the molecule is Cc1c(C#N)c2n(C)c(Cl)cn2c1C. The summed E-state index contributed by atoms with van der Waals surface area (Å²) in [5, 5.41) is 9.68. The summed E-state index contributed by atoms with van der Waals surface area (Å²) in [5.74, 6) is 0. The molecule has 2 rings (SSSR count). The maximum absolute atomic E-state index is 9.04. The van der Waals surface area contributed by atoms with Crippen molar-refractivity contribution < 1.29 is 0 Å². The van der Waals surface area contributed by atoms with Crippen molar-refractivity contribution in [3.63, 3.8) is 0 Å². The highest BCUT2D eigenvalue weighted by Gasteiger charge is 2.16. The van der Waals surface area contributed by atoms with Crippen molar-refractivity contribution in [3.8, 4) is 6.07 Å². The molecule has 0 amide bonds. The Morgan fingerprint density at radius 2 is 2.07 bits per heavy atom. The number of nitrogens with zero attached hydrogens (tertiary/aromatic N) is 3. The monoisotopic (exact) mass is 207 g/mol. The van der Waals surface area contributed by atoms with E-state index in [1.54, 1.807) is 0 Å². The second kappa shape index (κ2) is 2.79. The summed E-state index contributed by atoms with van der Waals surface area (Å²) in [6.07, 6.45) is 1.83. The number of hydrogen-bond acceptors (Lipinski definition) is 1. The van der Waals surface area contributed by atoms with E-state index in [9.17, 15) is 0 Å². The Hall–Kier alpha value is -1.40. The summed E-state index contributed by atoms with van der Waals surface area (Å²) >= 11 is 5.98. The minimum atomic E-state index is 0.639. The van der Waals surface area contributed by atoms with Gasteiger partial charge in [-0.05, 0) is 19.4 Å². The summed E-state index contributed by atoms with van der Waals surface area (Å²) < 4.78 is 3.77. The molecule has 0 radical (unpaired) electrons. The Labute approximate surface area is 87.1 Å². The summed E-state index contributed by atoms with van der Waals surface area (Å²) in [4.78, 5) is 0. The zero-order valence-electron chi connectivity index (χ0n) is 8.30. The lowest BCUT2D eigenvalue weighted by Crippen LogP contribution is -1.89. The van der Waals surface area contributed by atoms with Crippen molar-refractivity contribution in [2.24, 2.45) is 7.05 Å². The zero-order valence-corrected chi connectivity index (χ0v) is 9.05. The largest absolute Gasteiger partial charge is 0.319 e. The molecule has 2 aromatic heterocycles. The van der Waals surface area contributed by atoms with Crippen LogP contribution >= 0.6 is 11.6 Å². The Balaban J connectivity index is 3.04. The van der Waals surface area contributed by atoms with Crippen molar-refractivity contribution in [1.29, 1.82) is 5.26 Å². The predicted octanol–water partition coefficient (Wildman–Crippen LogP) is 2.42. The van der Waals surface area contributed by atoms with E-state index in [1.165, 1.54) is 0 Å². The van der Waals surface area contributed by atoms with Gasteiger partial charge in [0.2, 0.25) is 0 Å². The van der Waals surface area contributed by atoms with Crippen molar-refractivity contribution in [2.45, 2.75) is 13.8 Å². The lowest BCUT2D eigenvalue weighted by Gasteiger charge is -1.94. The first kappa shape index (κ1) is 9.17. The van der Waals surface area contributed by atoms with Crippen LogP contribution in [0, 0.1) is 25.2 Å². The highest BCUT2D eigenvalue weighted by molar-refractivity contribution is 6.29. The molecule has 0 fully saturated rings. The van der Waals surface area contributed by atoms with Crippen molar-refractivity contribution >= 4 is 17.2 Å². The molecule has 14 heavy (non-hydrogen) atoms. The van der Waals surface area contributed by atoms with Gasteiger partial charge in [0, 0.05) is 18.9 Å². The molecule has 0 aliphatic heterocycles. The summed E-state index contributed by atoms with van der Waals surface area (Å²) in [5.41, 5.74) is 3.67. The van der Waals surface area contributed by atoms with Gasteiger partial charge in [0.25, 0.3) is 0 Å². The average Bonchev–Trinajstić information content (AvgIpc) is 2.56. The minimum absolute atomic E-state index is 0.639. The minimum Gasteiger partial charge on any atom is -0.319 e. The fraction of sp³-hybridized carbons (Fsp3) is 0.300. The molecule has 4 heteroatoms. The van der Waals surface area contributed by atoms with Crippen molar-refractivity contribution in [2.75, 3.05) is 0 Å². The first-order chi connectivity index (χ1) is 6.57. The van der Waals surface area contributed by atoms with Crippen LogP contribution in [0.15, 0.2) is 6.20 Å². The lowest BCUT2D eigenvalue weighted by atomic mass is 10.2. The summed E-state index contributed by atoms with van der Waals surface area (Å²) in [6.45, 7) is 3.94. The number of fused-ring (bicyclic) bond motifs is 1. The topological polar surface area (TPSA) is 33.1 Å². The third kappa shape index (κ3) is 0.919. The second-order valence-corrected chi connectivity index (χ2v) is 3.79. The molecule has 0 atom stereocenters. The van der Waals surface area contributed by atoms with Gasteiger partial charge in [0.1, 0.15) is 16.9 Å². The quantitative estimate of drug-likeness (QED) is 0.653. The van der Waals surface area contributed by atoms with Gasteiger partial charge in [-0.1, -0.05) is 11.6 Å². The Kier molecular flexibility index (Phi) is 1.83. The molecule has 72 valence electrons. The van der Waals surface area contributed by atoms with Gasteiger partial charge in [-0.2, -0.15) is 5.26 Å². The fourth-order valence-corrected chi connectivity index (χ4v) is 1.90. The summed E-state index contributed by atoms with van der Waals surface area (Å²) in [6, 6.07) is 2.21. The molecule has 0 saturated heterocycles. The van der Waals surface area contributed by atoms with Gasteiger partial charge in [0.05, 0.1) is 5.56 Å². The highest BCUT2D eigenvalue weighted by Crippen LogP contribution is 2.25. The molecule has 0 saturated carbocycles. The van der Waals surface area contributed by atoms with Crippen LogP contribution in [0.25, 0.3) is 5.65 Å². The van der Waals surface area contributed by atoms with Crippen LogP contribution in [0.3, 0.4) is 0 Å². The smallest absolute Gasteiger partial charge is 0.136 e. The summed E-state index contributed by atoms with van der Waals surface area (Å²) in [7, 11) is 1.86. The standard InChI is InChI=1S/C10H10ClN3/c1-6-7(2)14-5-9(11)13(3)10(14)8(6)4-12/h5H,1-3H3. The van der Waals surface area contributed by atoms with Crippen molar-refractivity contribution in [3.05, 3.63) is 28.2 Å². The number of halogens is 1. The van der Waals surface area contributed by atoms with Crippen LogP contribution in [0.1, 0.15) is 16.8 Å². The molecule has 0 aliphatic carbocycles. The van der Waals surface area contributed by atoms with E-state index in [4.69, 9.17) is 16.9 Å². The van der Waals surface area contributed by atoms with E-state index < -0.39 is 0 Å². The first-order valence-electron chi connectivity index (χ1n) is 4.30. The molecule has 2 aromatic rings. The van der Waals surface area contributed by atoms with Crippen LogP contribution in [0.2, 0.25) is 5.15 Å². The zero-order chi connectivity index (χ0) is 10.5. The fourth-order valence-electron chi connectivity index (χ4n) is 1.72. The predicted molar refractivity (Wildman–Crippen MR) is 55.6 cm³/mol. The van der Waals surface area contributed by atoms with Crippen LogP contribution < -0.4 is 0 Å². The molecule has 0 aliphatic rings. The number of aromatic nitrogens is 2. The van der Waals surface area contributed by atoms with E-state index in [-0.39, 0.29) is 0 Å². The van der Waals surface area contributed by atoms with E-state index in [0.29, 0.717) is 10.7 Å². The Morgan fingerprint density at radius 1 is 1.43 bits per heavy atom. The molecule has 0 aromatic carbocycles. The van der Waals surface area contributed by atoms with Gasteiger partial charge in [-0.3, -0.25) is 0 Å². The number of aryl methyl sites for hydroxylation is 2. The van der Waals surface area contributed by atoms with Crippen LogP contribution in [-0.4, -0.2) is 8.97 Å². The van der Waals surface area contributed by atoms with E-state index in [0.717, 1.165) is 16.9 Å². The van der Waals surface area contributed by atoms with Gasteiger partial charge in [0.15, 0.2) is 0 Å². The van der Waals surface area contributed by atoms with Gasteiger partial charge in [-0.15, -0.1) is 0 Å². The van der Waals surface area contributed by atoms with Crippen molar-refractivity contribution in [1.82, 2.24) is 8.97 Å². The molecular weight excluding hydrogens is 198 g/mol. The van der Waals surface area contributed by atoms with Crippen LogP contribution in [0.4, 0.5) is 0 Å². The van der Waals surface area contributed by atoms with Crippen LogP contribution in [0.5, 0.6) is 0 Å². The molecule has 3 nitrogen and oxygen atoms in total. The molecule has 0 N–H and O–H groups in total. The maximum Gasteiger partial charge on any atom is 0.136 e. The van der Waals surface area contributed by atoms with E-state index >= 15 is 0 Å². The molecule has 0 bridgehead atoms. The third-order valence-electron chi connectivity index (χ3n) is 2.72. The normalized spacial score (nSPS) is 10.8. The second-order valence-electron chi connectivity index (χ2n) is 3.40. The lowest BCUT2D eigenvalue weighted by molar-refractivity contribution is 0.955. The number of imidazole rings is 1. The average molecular weight is 208 g/mol. The van der Waals surface area contributed by atoms with Gasteiger partial charge in [-0.25, -0.2) is 0 Å². The molecule has 0 spiro atoms. The number of nitriles is 1. The maximum atomic E-state index is 9.04. The third-order valence-corrected chi connectivity index (χ3v) is 3.07. The number of rotatable bonds is 0. The van der Waals surface area contributed by atoms with E-state index in [1.807, 2.05) is 36.1 Å². The van der Waals surface area contributed by atoms with Crippen LogP contribution in [-0.2, 0) is 7.05 Å². The number of hydrogen-bond donors (Lipinski definition) is 0. The van der Waals surface area contributed by atoms with Gasteiger partial charge >= 0.3 is 0 Å². The molecule has 2 heterocycles. The molecular formula is C10H10ClN3. The Bertz CT molecular complexity index is 554. The molecule has 0 unspecified atom stereocenters. The Morgan fingerprint density at radius 3 is 2.64 bits per heavy atom. The highest BCUT2D eigenvalue weighted by atomic mass is 35.5.